The van der Waals surface area contributed by atoms with Crippen molar-refractivity contribution < 1.29 is 4.74 Å². The summed E-state index contributed by atoms with van der Waals surface area (Å²) in [5, 5.41) is 5.84. The summed E-state index contributed by atoms with van der Waals surface area (Å²) in [7, 11) is 0. The molecule has 0 amide bonds. The summed E-state index contributed by atoms with van der Waals surface area (Å²) < 4.78 is 8.73. The van der Waals surface area contributed by atoms with Gasteiger partial charge in [-0.05, 0) is 79.0 Å². The van der Waals surface area contributed by atoms with Gasteiger partial charge in [0.15, 0.2) is 22.4 Å². The maximum absolute atomic E-state index is 14.8. The van der Waals surface area contributed by atoms with Crippen LogP contribution in [-0.4, -0.2) is 4.40 Å². The number of hydrogen-bond donors (Lipinski definition) is 0. The molecular formula is C44H29NO3. The van der Waals surface area contributed by atoms with E-state index in [1.54, 1.807) is 0 Å². The Morgan fingerprint density at radius 2 is 0.979 bits per heavy atom. The highest BCUT2D eigenvalue weighted by molar-refractivity contribution is 6.21. The molecule has 0 fully saturated rings. The van der Waals surface area contributed by atoms with E-state index in [1.807, 2.05) is 84.9 Å². The molecule has 3 heterocycles. The van der Waals surface area contributed by atoms with Gasteiger partial charge in [-0.1, -0.05) is 118 Å². The summed E-state index contributed by atoms with van der Waals surface area (Å²) in [6.45, 7) is 6.64. The molecule has 0 saturated carbocycles. The lowest BCUT2D eigenvalue weighted by Crippen LogP contribution is -2.17. The summed E-state index contributed by atoms with van der Waals surface area (Å²) in [4.78, 5) is 29.7. The van der Waals surface area contributed by atoms with Crippen molar-refractivity contribution in [2.45, 2.75) is 26.2 Å². The van der Waals surface area contributed by atoms with Gasteiger partial charge in [-0.25, -0.2) is 0 Å². The van der Waals surface area contributed by atoms with Gasteiger partial charge in [0.05, 0.1) is 16.3 Å². The minimum absolute atomic E-state index is 0.0417. The predicted molar refractivity (Wildman–Crippen MR) is 198 cm³/mol. The fourth-order valence-electron chi connectivity index (χ4n) is 7.92. The maximum Gasteiger partial charge on any atom is 0.198 e. The Bertz CT molecular complexity index is 2840. The Balaban J connectivity index is 1.40. The first-order chi connectivity index (χ1) is 23.3. The van der Waals surface area contributed by atoms with Crippen molar-refractivity contribution in [2.24, 2.45) is 0 Å². The first kappa shape index (κ1) is 27.1. The number of pyridine rings is 2. The van der Waals surface area contributed by atoms with Crippen LogP contribution >= 0.6 is 0 Å². The van der Waals surface area contributed by atoms with Crippen LogP contribution in [0.2, 0.25) is 0 Å². The molecule has 0 N–H and O–H groups in total. The van der Waals surface area contributed by atoms with Crippen LogP contribution in [0, 0.1) is 0 Å². The van der Waals surface area contributed by atoms with Crippen LogP contribution in [0.5, 0.6) is 11.5 Å². The lowest BCUT2D eigenvalue weighted by atomic mass is 9.85. The van der Waals surface area contributed by atoms with Crippen LogP contribution < -0.4 is 15.6 Å². The predicted octanol–water partition coefficient (Wildman–Crippen LogP) is 10.6. The average Bonchev–Trinajstić information content (AvgIpc) is 3.10. The topological polar surface area (TPSA) is 47.8 Å². The number of aromatic nitrogens is 1. The Labute approximate surface area is 275 Å². The smallest absolute Gasteiger partial charge is 0.198 e. The summed E-state index contributed by atoms with van der Waals surface area (Å²) in [6, 6.07) is 40.9. The summed E-state index contributed by atoms with van der Waals surface area (Å²) in [5.74, 6) is 1.23. The standard InChI is InChI=1S/C44H29NO3/c1-44(2,3)28-18-16-24(17-19-28)29-12-8-9-13-30(29)27-20-33-39-34(21-27)43(47)38-32-15-7-5-11-26(32)23-36-41(38)45(39)40-35(48-36)22-25-10-4-6-14-31(25)37(40)42(33)46/h4-23H,1-3H3. The number of rotatable bonds is 2. The molecule has 228 valence electrons. The molecule has 0 spiro atoms. The summed E-state index contributed by atoms with van der Waals surface area (Å²) >= 11 is 0. The van der Waals surface area contributed by atoms with Crippen LogP contribution in [0.1, 0.15) is 26.3 Å². The van der Waals surface area contributed by atoms with Crippen molar-refractivity contribution in [1.82, 2.24) is 4.40 Å². The van der Waals surface area contributed by atoms with E-state index in [4.69, 9.17) is 4.74 Å². The molecule has 10 rings (SSSR count). The van der Waals surface area contributed by atoms with Gasteiger partial charge in [-0.2, -0.15) is 0 Å². The number of hydrogen-bond acceptors (Lipinski definition) is 3. The van der Waals surface area contributed by atoms with Crippen LogP contribution in [0.15, 0.2) is 131 Å². The van der Waals surface area contributed by atoms with E-state index >= 15 is 0 Å². The molecule has 2 aromatic heterocycles. The number of nitrogens with zero attached hydrogens (tertiary/aromatic N) is 1. The summed E-state index contributed by atoms with van der Waals surface area (Å²) in [5.41, 5.74) is 7.08. The van der Waals surface area contributed by atoms with E-state index in [0.29, 0.717) is 49.6 Å². The number of benzene rings is 7. The molecule has 4 nitrogen and oxygen atoms in total. The monoisotopic (exact) mass is 619 g/mol. The third kappa shape index (κ3) is 3.55. The van der Waals surface area contributed by atoms with Crippen molar-refractivity contribution in [3.05, 3.63) is 147 Å². The van der Waals surface area contributed by atoms with E-state index in [0.717, 1.165) is 43.8 Å². The van der Waals surface area contributed by atoms with Gasteiger partial charge in [-0.3, -0.25) is 9.59 Å². The zero-order chi connectivity index (χ0) is 32.5. The molecule has 1 aliphatic heterocycles. The fraction of sp³-hybridized carbons (Fsp3) is 0.0909. The Kier molecular flexibility index (Phi) is 5.26. The number of fused-ring (bicyclic) bond motifs is 4. The van der Waals surface area contributed by atoms with Crippen molar-refractivity contribution in [3.63, 3.8) is 0 Å². The molecule has 0 aliphatic carbocycles. The second kappa shape index (κ2) is 9.30. The third-order valence-electron chi connectivity index (χ3n) is 10.2. The van der Waals surface area contributed by atoms with E-state index in [-0.39, 0.29) is 16.3 Å². The molecule has 0 unspecified atom stereocenters. The van der Waals surface area contributed by atoms with E-state index in [2.05, 4.69) is 61.6 Å². The van der Waals surface area contributed by atoms with Crippen LogP contribution in [0.3, 0.4) is 0 Å². The SMILES string of the molecule is CC(C)(C)c1ccc(-c2ccccc2-c2cc3c(=O)c4c5ccccc5cc5c4n4c6c(cc7ccccc7c6c(=O)c(c2)c34)O5)cc1. The zero-order valence-electron chi connectivity index (χ0n) is 26.7. The molecule has 7 aromatic carbocycles. The Morgan fingerprint density at radius 1 is 0.500 bits per heavy atom. The van der Waals surface area contributed by atoms with Crippen molar-refractivity contribution >= 4 is 59.6 Å². The molecule has 0 atom stereocenters. The highest BCUT2D eigenvalue weighted by atomic mass is 16.5. The maximum atomic E-state index is 14.8. The minimum Gasteiger partial charge on any atom is -0.453 e. The third-order valence-corrected chi connectivity index (χ3v) is 10.2. The zero-order valence-corrected chi connectivity index (χ0v) is 26.7. The number of ether oxygens (including phenoxy) is 1. The quantitative estimate of drug-likeness (QED) is 0.143. The molecule has 0 bridgehead atoms. The van der Waals surface area contributed by atoms with Crippen molar-refractivity contribution in [2.75, 3.05) is 0 Å². The van der Waals surface area contributed by atoms with Crippen LogP contribution in [0.4, 0.5) is 0 Å². The van der Waals surface area contributed by atoms with E-state index in [1.165, 1.54) is 5.56 Å². The lowest BCUT2D eigenvalue weighted by Gasteiger charge is -2.25. The van der Waals surface area contributed by atoms with Crippen molar-refractivity contribution in [3.8, 4) is 33.8 Å². The minimum atomic E-state index is -0.103. The highest BCUT2D eigenvalue weighted by Crippen LogP contribution is 2.46. The molecule has 0 saturated heterocycles. The Morgan fingerprint density at radius 3 is 1.50 bits per heavy atom. The first-order valence-electron chi connectivity index (χ1n) is 16.4. The average molecular weight is 620 g/mol. The summed E-state index contributed by atoms with van der Waals surface area (Å²) in [6.07, 6.45) is 0. The second-order valence-corrected chi connectivity index (χ2v) is 14.0. The molecular weight excluding hydrogens is 590 g/mol. The van der Waals surface area contributed by atoms with Gasteiger partial charge >= 0.3 is 0 Å². The molecule has 1 aliphatic rings. The molecule has 9 aromatic rings. The molecule has 0 radical (unpaired) electrons. The highest BCUT2D eigenvalue weighted by Gasteiger charge is 2.28. The van der Waals surface area contributed by atoms with Gasteiger partial charge in [-0.15, -0.1) is 0 Å². The first-order valence-corrected chi connectivity index (χ1v) is 16.4. The fourth-order valence-corrected chi connectivity index (χ4v) is 7.92. The van der Waals surface area contributed by atoms with Gasteiger partial charge in [0.2, 0.25) is 0 Å². The largest absolute Gasteiger partial charge is 0.453 e. The molecule has 48 heavy (non-hydrogen) atoms. The van der Waals surface area contributed by atoms with Crippen LogP contribution in [-0.2, 0) is 5.41 Å². The van der Waals surface area contributed by atoms with E-state index < -0.39 is 0 Å². The Hall–Kier alpha value is -6.00. The lowest BCUT2D eigenvalue weighted by molar-refractivity contribution is 0.487. The molecule has 4 heteroatoms. The van der Waals surface area contributed by atoms with Gasteiger partial charge < -0.3 is 9.14 Å². The van der Waals surface area contributed by atoms with Crippen molar-refractivity contribution in [1.29, 1.82) is 0 Å². The van der Waals surface area contributed by atoms with E-state index in [9.17, 15) is 9.59 Å². The normalized spacial score (nSPS) is 12.8. The van der Waals surface area contributed by atoms with Gasteiger partial charge in [0.25, 0.3) is 0 Å². The van der Waals surface area contributed by atoms with Gasteiger partial charge in [0.1, 0.15) is 11.0 Å². The van der Waals surface area contributed by atoms with Gasteiger partial charge in [0, 0.05) is 10.8 Å². The second-order valence-electron chi connectivity index (χ2n) is 14.0. The van der Waals surface area contributed by atoms with Crippen LogP contribution in [0.25, 0.3) is 81.9 Å².